The fourth-order valence-electron chi connectivity index (χ4n) is 3.63. The summed E-state index contributed by atoms with van der Waals surface area (Å²) >= 11 is 0. The number of para-hydroxylation sites is 1. The molecule has 6 heteroatoms. The third-order valence-corrected chi connectivity index (χ3v) is 5.13. The molecule has 0 fully saturated rings. The number of hydrogen-bond acceptors (Lipinski definition) is 5. The average Bonchev–Trinajstić information content (AvgIpc) is 3.00. The van der Waals surface area contributed by atoms with Gasteiger partial charge >= 0.3 is 5.97 Å². The highest BCUT2D eigenvalue weighted by molar-refractivity contribution is 6.16. The SMILES string of the molecule is CCOc1cccc(/C=C2\C(=O)N(C(C)c3ccccc3)C(C)=C2C(=O)OC)c1O. The van der Waals surface area contributed by atoms with Gasteiger partial charge in [-0.05, 0) is 38.5 Å². The summed E-state index contributed by atoms with van der Waals surface area (Å²) in [6.07, 6.45) is 1.51. The Morgan fingerprint density at radius 2 is 1.87 bits per heavy atom. The standard InChI is InChI=1S/C24H25NO5/c1-5-30-20-13-9-12-18(22(20)26)14-19-21(24(28)29-4)16(3)25(23(19)27)15(2)17-10-7-6-8-11-17/h6-15,26H,5H2,1-4H3/b19-14-. The van der Waals surface area contributed by atoms with Crippen molar-refractivity contribution in [3.63, 3.8) is 0 Å². The van der Waals surface area contributed by atoms with Crippen LogP contribution >= 0.6 is 0 Å². The number of allylic oxidation sites excluding steroid dienone is 1. The van der Waals surface area contributed by atoms with Crippen LogP contribution in [0.2, 0.25) is 0 Å². The first-order valence-electron chi connectivity index (χ1n) is 9.75. The Kier molecular flexibility index (Phi) is 6.26. The second kappa shape index (κ2) is 8.86. The fourth-order valence-corrected chi connectivity index (χ4v) is 3.63. The fraction of sp³-hybridized carbons (Fsp3) is 0.250. The van der Waals surface area contributed by atoms with Crippen LogP contribution in [-0.4, -0.2) is 35.6 Å². The highest BCUT2D eigenvalue weighted by Crippen LogP contribution is 2.39. The van der Waals surface area contributed by atoms with Crippen molar-refractivity contribution in [3.05, 3.63) is 76.5 Å². The Hall–Kier alpha value is -3.54. The number of carbonyl (C=O) groups is 2. The molecule has 30 heavy (non-hydrogen) atoms. The molecule has 0 aromatic heterocycles. The van der Waals surface area contributed by atoms with Gasteiger partial charge in [-0.2, -0.15) is 0 Å². The minimum absolute atomic E-state index is 0.0870. The Labute approximate surface area is 176 Å². The molecular formula is C24H25NO5. The van der Waals surface area contributed by atoms with Crippen LogP contribution < -0.4 is 4.74 Å². The van der Waals surface area contributed by atoms with E-state index in [4.69, 9.17) is 9.47 Å². The lowest BCUT2D eigenvalue weighted by molar-refractivity contribution is -0.136. The molecule has 1 aliphatic rings. The number of ether oxygens (including phenoxy) is 2. The van der Waals surface area contributed by atoms with E-state index < -0.39 is 5.97 Å². The van der Waals surface area contributed by atoms with Gasteiger partial charge in [-0.3, -0.25) is 4.79 Å². The van der Waals surface area contributed by atoms with E-state index in [0.29, 0.717) is 23.6 Å². The van der Waals surface area contributed by atoms with Crippen molar-refractivity contribution in [3.8, 4) is 11.5 Å². The summed E-state index contributed by atoms with van der Waals surface area (Å²) in [6, 6.07) is 14.3. The van der Waals surface area contributed by atoms with Gasteiger partial charge in [0.05, 0.1) is 30.9 Å². The number of rotatable bonds is 6. The molecule has 0 spiro atoms. The number of phenols is 1. The van der Waals surface area contributed by atoms with Crippen LogP contribution in [0.4, 0.5) is 0 Å². The van der Waals surface area contributed by atoms with Gasteiger partial charge < -0.3 is 19.5 Å². The molecule has 6 nitrogen and oxygen atoms in total. The predicted molar refractivity (Wildman–Crippen MR) is 114 cm³/mol. The number of carbonyl (C=O) groups excluding carboxylic acids is 2. The molecular weight excluding hydrogens is 382 g/mol. The molecule has 3 rings (SSSR count). The number of hydrogen-bond donors (Lipinski definition) is 1. The topological polar surface area (TPSA) is 76.1 Å². The second-order valence-corrected chi connectivity index (χ2v) is 6.90. The van der Waals surface area contributed by atoms with Gasteiger partial charge in [-0.1, -0.05) is 42.5 Å². The first-order chi connectivity index (χ1) is 14.4. The normalized spacial score (nSPS) is 16.2. The molecule has 2 aromatic carbocycles. The minimum atomic E-state index is -0.602. The molecule has 156 valence electrons. The average molecular weight is 407 g/mol. The summed E-state index contributed by atoms with van der Waals surface area (Å²) in [4.78, 5) is 27.5. The first-order valence-corrected chi connectivity index (χ1v) is 9.75. The number of nitrogens with zero attached hydrogens (tertiary/aromatic N) is 1. The lowest BCUT2D eigenvalue weighted by atomic mass is 10.0. The van der Waals surface area contributed by atoms with Crippen molar-refractivity contribution < 1.29 is 24.2 Å². The quantitative estimate of drug-likeness (QED) is 0.573. The van der Waals surface area contributed by atoms with Crippen LogP contribution in [0.3, 0.4) is 0 Å². The van der Waals surface area contributed by atoms with E-state index in [0.717, 1.165) is 5.56 Å². The van der Waals surface area contributed by atoms with E-state index in [-0.39, 0.29) is 28.8 Å². The molecule has 1 heterocycles. The van der Waals surface area contributed by atoms with Crippen LogP contribution in [0.15, 0.2) is 65.4 Å². The first kappa shape index (κ1) is 21.2. The van der Waals surface area contributed by atoms with E-state index >= 15 is 0 Å². The zero-order valence-electron chi connectivity index (χ0n) is 17.5. The summed E-state index contributed by atoms with van der Waals surface area (Å²) in [6.45, 7) is 5.83. The number of amides is 1. The number of phenolic OH excluding ortho intramolecular Hbond substituents is 1. The molecule has 1 atom stereocenters. The molecule has 2 aromatic rings. The van der Waals surface area contributed by atoms with Crippen LogP contribution in [0.5, 0.6) is 11.5 Å². The van der Waals surface area contributed by atoms with Crippen molar-refractivity contribution in [2.45, 2.75) is 26.8 Å². The monoisotopic (exact) mass is 407 g/mol. The molecule has 1 aliphatic heterocycles. The molecule has 0 aliphatic carbocycles. The summed E-state index contributed by atoms with van der Waals surface area (Å²) in [5, 5.41) is 10.5. The Morgan fingerprint density at radius 3 is 2.50 bits per heavy atom. The highest BCUT2D eigenvalue weighted by Gasteiger charge is 2.39. The zero-order chi connectivity index (χ0) is 21.8. The lowest BCUT2D eigenvalue weighted by Crippen LogP contribution is -2.28. The number of aromatic hydroxyl groups is 1. The maximum Gasteiger partial charge on any atom is 0.340 e. The van der Waals surface area contributed by atoms with E-state index in [2.05, 4.69) is 0 Å². The minimum Gasteiger partial charge on any atom is -0.504 e. The summed E-state index contributed by atoms with van der Waals surface area (Å²) < 4.78 is 10.4. The Bertz CT molecular complexity index is 1020. The van der Waals surface area contributed by atoms with E-state index in [9.17, 15) is 14.7 Å². The molecule has 0 bridgehead atoms. The second-order valence-electron chi connectivity index (χ2n) is 6.90. The van der Waals surface area contributed by atoms with Gasteiger partial charge in [0.1, 0.15) is 0 Å². The largest absolute Gasteiger partial charge is 0.504 e. The third kappa shape index (κ3) is 3.81. The third-order valence-electron chi connectivity index (χ3n) is 5.13. The van der Waals surface area contributed by atoms with Gasteiger partial charge in [-0.15, -0.1) is 0 Å². The number of benzene rings is 2. The van der Waals surface area contributed by atoms with Crippen LogP contribution in [0, 0.1) is 0 Å². The maximum absolute atomic E-state index is 13.4. The molecule has 0 radical (unpaired) electrons. The van der Waals surface area contributed by atoms with Gasteiger partial charge in [0.25, 0.3) is 5.91 Å². The van der Waals surface area contributed by atoms with E-state index in [1.54, 1.807) is 30.0 Å². The molecule has 0 saturated heterocycles. The highest BCUT2D eigenvalue weighted by atomic mass is 16.5. The predicted octanol–water partition coefficient (Wildman–Crippen LogP) is 4.22. The Balaban J connectivity index is 2.11. The van der Waals surface area contributed by atoms with E-state index in [1.165, 1.54) is 13.2 Å². The molecule has 0 saturated carbocycles. The zero-order valence-corrected chi connectivity index (χ0v) is 17.5. The van der Waals surface area contributed by atoms with Gasteiger partial charge in [0.15, 0.2) is 11.5 Å². The molecule has 1 N–H and O–H groups in total. The maximum atomic E-state index is 13.4. The van der Waals surface area contributed by atoms with Crippen LogP contribution in [-0.2, 0) is 14.3 Å². The summed E-state index contributed by atoms with van der Waals surface area (Å²) in [7, 11) is 1.28. The number of methoxy groups -OCH3 is 1. The number of esters is 1. The van der Waals surface area contributed by atoms with Crippen molar-refractivity contribution in [2.75, 3.05) is 13.7 Å². The van der Waals surface area contributed by atoms with Crippen molar-refractivity contribution >= 4 is 18.0 Å². The van der Waals surface area contributed by atoms with Crippen molar-refractivity contribution in [1.82, 2.24) is 4.90 Å². The van der Waals surface area contributed by atoms with Crippen molar-refractivity contribution in [2.24, 2.45) is 0 Å². The van der Waals surface area contributed by atoms with Gasteiger partial charge in [0, 0.05) is 11.3 Å². The molecule has 1 amide bonds. The van der Waals surface area contributed by atoms with Crippen LogP contribution in [0.25, 0.3) is 6.08 Å². The lowest BCUT2D eigenvalue weighted by Gasteiger charge is -2.26. The Morgan fingerprint density at radius 1 is 1.17 bits per heavy atom. The van der Waals surface area contributed by atoms with Crippen LogP contribution in [0.1, 0.15) is 37.9 Å². The smallest absolute Gasteiger partial charge is 0.340 e. The van der Waals surface area contributed by atoms with Crippen molar-refractivity contribution in [1.29, 1.82) is 0 Å². The van der Waals surface area contributed by atoms with Gasteiger partial charge in [0.2, 0.25) is 0 Å². The summed E-state index contributed by atoms with van der Waals surface area (Å²) in [5.74, 6) is -0.705. The van der Waals surface area contributed by atoms with Gasteiger partial charge in [-0.25, -0.2) is 4.79 Å². The summed E-state index contributed by atoms with van der Waals surface area (Å²) in [5.41, 5.74) is 2.19. The molecule has 1 unspecified atom stereocenters. The van der Waals surface area contributed by atoms with E-state index in [1.807, 2.05) is 44.2 Å².